The van der Waals surface area contributed by atoms with Gasteiger partial charge in [-0.1, -0.05) is 0 Å². The number of methoxy groups -OCH3 is 1. The fourth-order valence-electron chi connectivity index (χ4n) is 2.07. The van der Waals surface area contributed by atoms with Crippen molar-refractivity contribution in [3.63, 3.8) is 0 Å². The van der Waals surface area contributed by atoms with Crippen LogP contribution in [0.25, 0.3) is 0 Å². The van der Waals surface area contributed by atoms with Crippen LogP contribution in [0, 0.1) is 0 Å². The summed E-state index contributed by atoms with van der Waals surface area (Å²) in [4.78, 5) is 24.3. The molecule has 1 atom stereocenters. The van der Waals surface area contributed by atoms with Gasteiger partial charge in [0, 0.05) is 6.54 Å². The molecule has 0 aromatic heterocycles. The molecule has 2 N–H and O–H groups in total. The second-order valence-corrected chi connectivity index (χ2v) is 6.98. The van der Waals surface area contributed by atoms with Crippen molar-refractivity contribution in [2.75, 3.05) is 20.3 Å². The standard InChI is InChI=1S/C13H21N3O5S/c1-8-9(10(17)19-5)22-13(14-6-7-20-13)16(8)15-11(18)21-12(2,3)4/h14H,6-7H2,1-5H3,(H,15,18). The van der Waals surface area contributed by atoms with Crippen LogP contribution in [0.1, 0.15) is 27.7 Å². The third-order valence-corrected chi connectivity index (χ3v) is 4.31. The molecule has 0 radical (unpaired) electrons. The summed E-state index contributed by atoms with van der Waals surface area (Å²) in [7, 11) is 1.31. The first-order valence-corrected chi connectivity index (χ1v) is 7.67. The van der Waals surface area contributed by atoms with Crippen LogP contribution < -0.4 is 10.7 Å². The average Bonchev–Trinajstić information content (AvgIpc) is 2.97. The number of thioether (sulfide) groups is 1. The van der Waals surface area contributed by atoms with Crippen LogP contribution in [-0.4, -0.2) is 48.1 Å². The first-order valence-electron chi connectivity index (χ1n) is 6.85. The molecule has 1 spiro atoms. The lowest BCUT2D eigenvalue weighted by molar-refractivity contribution is -0.135. The number of hydrazine groups is 1. The van der Waals surface area contributed by atoms with Gasteiger partial charge in [-0.2, -0.15) is 0 Å². The van der Waals surface area contributed by atoms with Gasteiger partial charge < -0.3 is 14.2 Å². The molecule has 2 heterocycles. The number of esters is 1. The van der Waals surface area contributed by atoms with E-state index >= 15 is 0 Å². The lowest BCUT2D eigenvalue weighted by Crippen LogP contribution is -2.58. The fraction of sp³-hybridized carbons (Fsp3) is 0.692. The van der Waals surface area contributed by atoms with Gasteiger partial charge in [0.25, 0.3) is 5.18 Å². The lowest BCUT2D eigenvalue weighted by atomic mass is 10.2. The van der Waals surface area contributed by atoms with E-state index in [1.807, 2.05) is 0 Å². The van der Waals surface area contributed by atoms with Crippen LogP contribution in [0.15, 0.2) is 10.6 Å². The minimum Gasteiger partial charge on any atom is -0.465 e. The third kappa shape index (κ3) is 3.31. The Kier molecular flexibility index (Phi) is 4.59. The summed E-state index contributed by atoms with van der Waals surface area (Å²) in [6.45, 7) is 8.08. The normalized spacial score (nSPS) is 24.9. The summed E-state index contributed by atoms with van der Waals surface area (Å²) in [5.74, 6) is -0.479. The molecule has 1 saturated heterocycles. The number of ether oxygens (including phenoxy) is 3. The molecule has 124 valence electrons. The Morgan fingerprint density at radius 3 is 2.64 bits per heavy atom. The Bertz CT molecular complexity index is 508. The molecule has 0 aliphatic carbocycles. The largest absolute Gasteiger partial charge is 0.465 e. The zero-order chi connectivity index (χ0) is 16.5. The molecule has 2 rings (SSSR count). The maximum absolute atomic E-state index is 12.0. The van der Waals surface area contributed by atoms with Crippen molar-refractivity contribution in [1.82, 2.24) is 15.8 Å². The number of carbonyl (C=O) groups is 2. The summed E-state index contributed by atoms with van der Waals surface area (Å²) in [6.07, 6.45) is -0.629. The van der Waals surface area contributed by atoms with Crippen LogP contribution in [0.3, 0.4) is 0 Å². The first-order chi connectivity index (χ1) is 10.2. The number of hydrogen-bond donors (Lipinski definition) is 2. The third-order valence-electron chi connectivity index (χ3n) is 2.92. The lowest BCUT2D eigenvalue weighted by Gasteiger charge is -2.35. The number of allylic oxidation sites excluding steroid dienone is 1. The van der Waals surface area contributed by atoms with E-state index in [1.54, 1.807) is 27.7 Å². The Hall–Kier alpha value is -1.45. The predicted molar refractivity (Wildman–Crippen MR) is 80.2 cm³/mol. The molecule has 9 heteroatoms. The predicted octanol–water partition coefficient (Wildman–Crippen LogP) is 1.11. The zero-order valence-electron chi connectivity index (χ0n) is 13.3. The van der Waals surface area contributed by atoms with Crippen LogP contribution >= 0.6 is 11.8 Å². The minimum atomic E-state index is -1.05. The second-order valence-electron chi connectivity index (χ2n) is 5.81. The van der Waals surface area contributed by atoms with Crippen LogP contribution in [0.4, 0.5) is 4.79 Å². The molecule has 22 heavy (non-hydrogen) atoms. The van der Waals surface area contributed by atoms with E-state index in [4.69, 9.17) is 14.2 Å². The van der Waals surface area contributed by atoms with Gasteiger partial charge in [0.15, 0.2) is 0 Å². The van der Waals surface area contributed by atoms with Gasteiger partial charge in [-0.25, -0.2) is 20.0 Å². The van der Waals surface area contributed by atoms with Gasteiger partial charge in [0.05, 0.1) is 19.4 Å². The highest BCUT2D eigenvalue weighted by Gasteiger charge is 2.52. The SMILES string of the molecule is COC(=O)C1=C(C)N(NC(=O)OC(C)(C)C)C2(NCCO2)S1. The molecular weight excluding hydrogens is 310 g/mol. The molecule has 1 amide bonds. The Labute approximate surface area is 133 Å². The molecule has 8 nitrogen and oxygen atoms in total. The molecule has 0 aromatic rings. The van der Waals surface area contributed by atoms with E-state index in [1.165, 1.54) is 12.1 Å². The molecule has 0 saturated carbocycles. The van der Waals surface area contributed by atoms with Crippen LogP contribution in [0.5, 0.6) is 0 Å². The Balaban J connectivity index is 2.22. The monoisotopic (exact) mass is 331 g/mol. The van der Waals surface area contributed by atoms with Crippen molar-refractivity contribution < 1.29 is 23.8 Å². The smallest absolute Gasteiger partial charge is 0.426 e. The van der Waals surface area contributed by atoms with Crippen molar-refractivity contribution in [2.24, 2.45) is 0 Å². The molecule has 1 fully saturated rings. The Morgan fingerprint density at radius 2 is 2.14 bits per heavy atom. The highest BCUT2D eigenvalue weighted by molar-refractivity contribution is 8.05. The van der Waals surface area contributed by atoms with E-state index in [0.29, 0.717) is 23.8 Å². The maximum Gasteiger partial charge on any atom is 0.426 e. The maximum atomic E-state index is 12.0. The number of carbonyl (C=O) groups excluding carboxylic acids is 2. The van der Waals surface area contributed by atoms with Gasteiger partial charge in [-0.3, -0.25) is 5.32 Å². The summed E-state index contributed by atoms with van der Waals surface area (Å²) < 4.78 is 15.7. The summed E-state index contributed by atoms with van der Waals surface area (Å²) in [5.41, 5.74) is 2.52. The van der Waals surface area contributed by atoms with E-state index in [0.717, 1.165) is 11.8 Å². The highest BCUT2D eigenvalue weighted by Crippen LogP contribution is 2.46. The Morgan fingerprint density at radius 1 is 1.45 bits per heavy atom. The average molecular weight is 331 g/mol. The quantitative estimate of drug-likeness (QED) is 0.728. The molecule has 2 aliphatic heterocycles. The number of rotatable bonds is 2. The van der Waals surface area contributed by atoms with E-state index in [2.05, 4.69) is 10.7 Å². The molecule has 2 aliphatic rings. The van der Waals surface area contributed by atoms with Crippen molar-refractivity contribution in [3.8, 4) is 0 Å². The number of nitrogens with one attached hydrogen (secondary N) is 2. The zero-order valence-corrected chi connectivity index (χ0v) is 14.1. The van der Waals surface area contributed by atoms with E-state index in [-0.39, 0.29) is 0 Å². The summed E-state index contributed by atoms with van der Waals surface area (Å²) in [6, 6.07) is 0. The van der Waals surface area contributed by atoms with Crippen molar-refractivity contribution in [2.45, 2.75) is 38.5 Å². The molecule has 0 aromatic carbocycles. The van der Waals surface area contributed by atoms with Gasteiger partial charge in [-0.15, -0.1) is 0 Å². The summed E-state index contributed by atoms with van der Waals surface area (Å²) >= 11 is 1.16. The van der Waals surface area contributed by atoms with Crippen molar-refractivity contribution in [3.05, 3.63) is 10.6 Å². The highest BCUT2D eigenvalue weighted by atomic mass is 32.2. The number of hydrogen-bond acceptors (Lipinski definition) is 8. The van der Waals surface area contributed by atoms with Crippen molar-refractivity contribution >= 4 is 23.8 Å². The van der Waals surface area contributed by atoms with Gasteiger partial charge in [0.2, 0.25) is 0 Å². The second kappa shape index (κ2) is 5.98. The van der Waals surface area contributed by atoms with E-state index < -0.39 is 22.8 Å². The topological polar surface area (TPSA) is 89.1 Å². The minimum absolute atomic E-state index is 0.368. The van der Waals surface area contributed by atoms with E-state index in [9.17, 15) is 9.59 Å². The molecule has 1 unspecified atom stereocenters. The molecule has 0 bridgehead atoms. The van der Waals surface area contributed by atoms with Gasteiger partial charge in [0.1, 0.15) is 10.5 Å². The fourth-order valence-corrected chi connectivity index (χ4v) is 3.34. The van der Waals surface area contributed by atoms with Gasteiger partial charge >= 0.3 is 12.1 Å². The molecular formula is C13H21N3O5S. The van der Waals surface area contributed by atoms with Gasteiger partial charge in [-0.05, 0) is 39.5 Å². The van der Waals surface area contributed by atoms with Crippen LogP contribution in [0.2, 0.25) is 0 Å². The van der Waals surface area contributed by atoms with Crippen molar-refractivity contribution in [1.29, 1.82) is 0 Å². The summed E-state index contributed by atoms with van der Waals surface area (Å²) in [5, 5.41) is 3.55. The number of amides is 1. The van der Waals surface area contributed by atoms with Crippen LogP contribution in [-0.2, 0) is 19.0 Å². The first kappa shape index (κ1) is 16.9. The number of nitrogens with zero attached hydrogens (tertiary/aromatic N) is 1.